The van der Waals surface area contributed by atoms with Crippen molar-refractivity contribution in [2.24, 2.45) is 0 Å². The van der Waals surface area contributed by atoms with Crippen LogP contribution in [-0.2, 0) is 6.61 Å². The number of ether oxygens (including phenoxy) is 1. The van der Waals surface area contributed by atoms with Crippen LogP contribution in [-0.4, -0.2) is 0 Å². The number of hydrogen-bond donors (Lipinski definition) is 0. The monoisotopic (exact) mass is 637 g/mol. The zero-order valence-corrected chi connectivity index (χ0v) is 20.9. The van der Waals surface area contributed by atoms with Gasteiger partial charge < -0.3 is 4.74 Å². The maximum atomic E-state index is 14.0. The summed E-state index contributed by atoms with van der Waals surface area (Å²) in [4.78, 5) is 1.27. The van der Waals surface area contributed by atoms with Gasteiger partial charge in [0.1, 0.15) is 18.2 Å². The summed E-state index contributed by atoms with van der Waals surface area (Å²) in [6, 6.07) is 29.2. The highest BCUT2D eigenvalue weighted by atomic mass is 127. The normalized spacial score (nSPS) is 11.3. The second-order valence-electron chi connectivity index (χ2n) is 6.93. The van der Waals surface area contributed by atoms with Crippen LogP contribution >= 0.6 is 55.7 Å². The van der Waals surface area contributed by atoms with E-state index in [1.165, 1.54) is 25.1 Å². The SMILES string of the molecule is Fc1cc(COc2ccc(-[s+]3c4ccccc4c4ccccc43)cc2)cc(I)c1I. The molecular formula is C25H16FI2OS+. The topological polar surface area (TPSA) is 9.23 Å². The molecule has 0 radical (unpaired) electrons. The zero-order valence-electron chi connectivity index (χ0n) is 15.7. The van der Waals surface area contributed by atoms with Gasteiger partial charge in [0.25, 0.3) is 0 Å². The van der Waals surface area contributed by atoms with Crippen molar-refractivity contribution < 1.29 is 9.13 Å². The Hall–Kier alpha value is -1.71. The largest absolute Gasteiger partial charge is 0.489 e. The first-order chi connectivity index (χ1) is 14.6. The zero-order chi connectivity index (χ0) is 20.7. The van der Waals surface area contributed by atoms with Crippen molar-refractivity contribution in [3.8, 4) is 10.6 Å². The van der Waals surface area contributed by atoms with Crippen LogP contribution in [0, 0.1) is 13.0 Å². The van der Waals surface area contributed by atoms with E-state index in [2.05, 4.69) is 83.3 Å². The van der Waals surface area contributed by atoms with Crippen molar-refractivity contribution in [3.05, 3.63) is 103 Å². The van der Waals surface area contributed by atoms with Crippen LogP contribution in [0.15, 0.2) is 84.9 Å². The Bertz CT molecular complexity index is 1300. The Morgan fingerprint density at radius 3 is 1.97 bits per heavy atom. The molecule has 0 amide bonds. The van der Waals surface area contributed by atoms with Crippen LogP contribution in [0.2, 0.25) is 0 Å². The molecule has 5 heteroatoms. The Labute approximate surface area is 204 Å². The third-order valence-electron chi connectivity index (χ3n) is 5.01. The molecule has 0 N–H and O–H groups in total. The van der Waals surface area contributed by atoms with E-state index in [1.807, 2.05) is 40.8 Å². The van der Waals surface area contributed by atoms with Crippen LogP contribution in [0.1, 0.15) is 5.56 Å². The van der Waals surface area contributed by atoms with Gasteiger partial charge in [0, 0.05) is 36.9 Å². The fourth-order valence-electron chi connectivity index (χ4n) is 3.64. The average molecular weight is 637 g/mol. The highest BCUT2D eigenvalue weighted by Gasteiger charge is 2.22. The molecule has 0 saturated carbocycles. The number of rotatable bonds is 4. The van der Waals surface area contributed by atoms with Gasteiger partial charge in [-0.2, -0.15) is 0 Å². The molecule has 0 atom stereocenters. The lowest BCUT2D eigenvalue weighted by atomic mass is 10.2. The third kappa shape index (κ3) is 3.71. The van der Waals surface area contributed by atoms with E-state index in [9.17, 15) is 4.39 Å². The molecule has 0 aliphatic carbocycles. The molecule has 5 rings (SSSR count). The van der Waals surface area contributed by atoms with E-state index in [4.69, 9.17) is 4.74 Å². The lowest BCUT2D eigenvalue weighted by Crippen LogP contribution is -1.98. The molecule has 0 fully saturated rings. The second kappa shape index (κ2) is 8.43. The molecule has 0 aliphatic heterocycles. The van der Waals surface area contributed by atoms with Crippen molar-refractivity contribution in [1.82, 2.24) is 0 Å². The predicted molar refractivity (Wildman–Crippen MR) is 141 cm³/mol. The molecule has 4 aromatic carbocycles. The van der Waals surface area contributed by atoms with Crippen LogP contribution in [0.3, 0.4) is 0 Å². The average Bonchev–Trinajstić information content (AvgIpc) is 3.11. The smallest absolute Gasteiger partial charge is 0.187 e. The number of hydrogen-bond acceptors (Lipinski definition) is 1. The highest BCUT2D eigenvalue weighted by Crippen LogP contribution is 2.48. The maximum Gasteiger partial charge on any atom is 0.187 e. The molecule has 0 bridgehead atoms. The Balaban J connectivity index is 1.46. The molecule has 148 valence electrons. The maximum absolute atomic E-state index is 14.0. The molecule has 5 aromatic rings. The Morgan fingerprint density at radius 1 is 0.767 bits per heavy atom. The molecule has 30 heavy (non-hydrogen) atoms. The molecule has 0 unspecified atom stereocenters. The summed E-state index contributed by atoms with van der Waals surface area (Å²) in [6.45, 7) is 0.348. The number of fused-ring (bicyclic) bond motifs is 3. The molecule has 1 heterocycles. The van der Waals surface area contributed by atoms with E-state index in [0.29, 0.717) is 10.2 Å². The molecule has 1 aromatic heterocycles. The minimum absolute atomic E-state index is 0.105. The van der Waals surface area contributed by atoms with E-state index < -0.39 is 0 Å². The van der Waals surface area contributed by atoms with Crippen molar-refractivity contribution >= 4 is 75.8 Å². The van der Waals surface area contributed by atoms with Crippen molar-refractivity contribution in [1.29, 1.82) is 0 Å². The summed E-state index contributed by atoms with van der Waals surface area (Å²) >= 11 is 4.18. The lowest BCUT2D eigenvalue weighted by Gasteiger charge is -2.08. The predicted octanol–water partition coefficient (Wildman–Crippen LogP) is 8.66. The number of halogens is 3. The van der Waals surface area contributed by atoms with E-state index in [-0.39, 0.29) is 16.3 Å². The summed E-state index contributed by atoms with van der Waals surface area (Å²) in [5.41, 5.74) is 0.835. The van der Waals surface area contributed by atoms with Gasteiger partial charge in [-0.15, -0.1) is 0 Å². The summed E-state index contributed by atoms with van der Waals surface area (Å²) in [7, 11) is -0.105. The molecule has 0 aliphatic rings. The fraction of sp³-hybridized carbons (Fsp3) is 0.0400. The van der Waals surface area contributed by atoms with Crippen molar-refractivity contribution in [3.63, 3.8) is 0 Å². The van der Waals surface area contributed by atoms with Gasteiger partial charge in [0.2, 0.25) is 0 Å². The van der Waals surface area contributed by atoms with E-state index >= 15 is 0 Å². The molecule has 1 nitrogen and oxygen atoms in total. The first kappa shape index (κ1) is 20.2. The van der Waals surface area contributed by atoms with Gasteiger partial charge in [-0.05, 0) is 99.3 Å². The van der Waals surface area contributed by atoms with Gasteiger partial charge >= 0.3 is 0 Å². The van der Waals surface area contributed by atoms with Gasteiger partial charge in [0.15, 0.2) is 14.3 Å². The van der Waals surface area contributed by atoms with Crippen molar-refractivity contribution in [2.45, 2.75) is 6.61 Å². The number of thiophene rings is 1. The Morgan fingerprint density at radius 2 is 1.37 bits per heavy atom. The molecule has 0 spiro atoms. The first-order valence-corrected chi connectivity index (χ1v) is 12.8. The lowest BCUT2D eigenvalue weighted by molar-refractivity contribution is 0.305. The van der Waals surface area contributed by atoms with Gasteiger partial charge in [-0.1, -0.05) is 24.3 Å². The standard InChI is InChI=1S/C25H16FI2OS/c26-21-13-16(14-22(27)25(21)28)15-29-17-9-11-18(12-10-17)30-23-7-3-1-5-19(23)20-6-2-4-8-24(20)30/h1-14H,15H2/q+1. The summed E-state index contributed by atoms with van der Waals surface area (Å²) < 4.78 is 24.2. The van der Waals surface area contributed by atoms with Crippen LogP contribution in [0.5, 0.6) is 5.75 Å². The van der Waals surface area contributed by atoms with E-state index in [0.717, 1.165) is 14.9 Å². The fourth-order valence-corrected chi connectivity index (χ4v) is 6.98. The minimum atomic E-state index is -0.198. The van der Waals surface area contributed by atoms with Gasteiger partial charge in [0.05, 0.1) is 3.57 Å². The third-order valence-corrected chi connectivity index (χ3v) is 10.3. The highest BCUT2D eigenvalue weighted by molar-refractivity contribution is 14.1. The van der Waals surface area contributed by atoms with E-state index in [1.54, 1.807) is 6.07 Å². The first-order valence-electron chi connectivity index (χ1n) is 9.41. The Kier molecular flexibility index (Phi) is 5.68. The minimum Gasteiger partial charge on any atom is -0.489 e. The van der Waals surface area contributed by atoms with Crippen molar-refractivity contribution in [2.75, 3.05) is 0 Å². The quantitative estimate of drug-likeness (QED) is 0.109. The van der Waals surface area contributed by atoms with Crippen LogP contribution in [0.4, 0.5) is 4.39 Å². The van der Waals surface area contributed by atoms with Crippen LogP contribution in [0.25, 0.3) is 25.1 Å². The summed E-state index contributed by atoms with van der Waals surface area (Å²) in [5, 5.41) is 2.65. The van der Waals surface area contributed by atoms with Crippen LogP contribution < -0.4 is 4.74 Å². The van der Waals surface area contributed by atoms with Gasteiger partial charge in [-0.25, -0.2) is 4.39 Å². The van der Waals surface area contributed by atoms with Gasteiger partial charge in [-0.3, -0.25) is 0 Å². The molecular weight excluding hydrogens is 621 g/mol. The number of benzene rings is 4. The second-order valence-corrected chi connectivity index (χ2v) is 11.1. The molecule has 0 saturated heterocycles. The summed E-state index contributed by atoms with van der Waals surface area (Å²) in [5.74, 6) is 0.591. The summed E-state index contributed by atoms with van der Waals surface area (Å²) in [6.07, 6.45) is 0.